The van der Waals surface area contributed by atoms with E-state index in [0.717, 1.165) is 25.7 Å². The van der Waals surface area contributed by atoms with Gasteiger partial charge in [0.25, 0.3) is 0 Å². The van der Waals surface area contributed by atoms with Crippen LogP contribution >= 0.6 is 0 Å². The molecule has 0 nitrogen and oxygen atoms in total. The Labute approximate surface area is 80.5 Å². The zero-order chi connectivity index (χ0) is 8.39. The molecule has 0 aliphatic carbocycles. The Kier molecular flexibility index (Phi) is 2.53. The molecule has 1 aliphatic rings. The van der Waals surface area contributed by atoms with E-state index in [-0.39, 0.29) is 0 Å². The van der Waals surface area contributed by atoms with Gasteiger partial charge in [0.05, 0.1) is 0 Å². The second-order valence-corrected chi connectivity index (χ2v) is 5.80. The Morgan fingerprint density at radius 1 is 1.33 bits per heavy atom. The van der Waals surface area contributed by atoms with Gasteiger partial charge in [0, 0.05) is 0 Å². The molecule has 0 bridgehead atoms. The van der Waals surface area contributed by atoms with E-state index in [1.54, 1.807) is 5.56 Å². The predicted molar refractivity (Wildman–Crippen MR) is 53.5 cm³/mol. The van der Waals surface area contributed by atoms with Crippen LogP contribution < -0.4 is 0 Å². The van der Waals surface area contributed by atoms with Gasteiger partial charge in [-0.25, -0.2) is 0 Å². The SMILES string of the molecule is CC[C@@H]1C[Se][C@@H]1c1ccccc1. The fourth-order valence-electron chi connectivity index (χ4n) is 1.67. The maximum atomic E-state index is 2.32. The van der Waals surface area contributed by atoms with Gasteiger partial charge in [-0.15, -0.1) is 0 Å². The van der Waals surface area contributed by atoms with Crippen LogP contribution in [-0.4, -0.2) is 15.0 Å². The molecule has 12 heavy (non-hydrogen) atoms. The van der Waals surface area contributed by atoms with Crippen LogP contribution in [0, 0.1) is 5.92 Å². The van der Waals surface area contributed by atoms with Crippen LogP contribution in [-0.2, 0) is 0 Å². The maximum absolute atomic E-state index is 2.32. The van der Waals surface area contributed by atoms with Crippen LogP contribution in [0.25, 0.3) is 0 Å². The third-order valence-corrected chi connectivity index (χ3v) is 6.00. The summed E-state index contributed by atoms with van der Waals surface area (Å²) in [5, 5.41) is 1.50. The third kappa shape index (κ3) is 1.44. The van der Waals surface area contributed by atoms with E-state index in [0.29, 0.717) is 0 Å². The van der Waals surface area contributed by atoms with Crippen molar-refractivity contribution >= 4 is 15.0 Å². The van der Waals surface area contributed by atoms with E-state index in [4.69, 9.17) is 0 Å². The first-order valence-electron chi connectivity index (χ1n) is 4.58. The average Bonchev–Trinajstić information content (AvgIpc) is 2.05. The Hall–Kier alpha value is -0.261. The fourth-order valence-corrected chi connectivity index (χ4v) is 4.68. The molecule has 0 spiro atoms. The summed E-state index contributed by atoms with van der Waals surface area (Å²) in [7, 11) is 0. The van der Waals surface area contributed by atoms with Crippen molar-refractivity contribution in [3.05, 3.63) is 35.9 Å². The number of rotatable bonds is 2. The van der Waals surface area contributed by atoms with E-state index >= 15 is 0 Å². The van der Waals surface area contributed by atoms with Gasteiger partial charge in [-0.1, -0.05) is 0 Å². The summed E-state index contributed by atoms with van der Waals surface area (Å²) in [6, 6.07) is 11.0. The van der Waals surface area contributed by atoms with Gasteiger partial charge in [-0.05, 0) is 0 Å². The Morgan fingerprint density at radius 2 is 2.08 bits per heavy atom. The molecule has 0 amide bonds. The average molecular weight is 225 g/mol. The summed E-state index contributed by atoms with van der Waals surface area (Å²) in [6.07, 6.45) is 1.36. The second kappa shape index (κ2) is 3.64. The summed E-state index contributed by atoms with van der Waals surface area (Å²) < 4.78 is 0. The molecule has 1 aromatic rings. The molecule has 0 saturated carbocycles. The Morgan fingerprint density at radius 3 is 2.58 bits per heavy atom. The van der Waals surface area contributed by atoms with E-state index < -0.39 is 0 Å². The second-order valence-electron chi connectivity index (χ2n) is 3.33. The van der Waals surface area contributed by atoms with Crippen molar-refractivity contribution in [2.75, 3.05) is 0 Å². The zero-order valence-electron chi connectivity index (χ0n) is 7.36. The van der Waals surface area contributed by atoms with Crippen molar-refractivity contribution in [3.63, 3.8) is 0 Å². The van der Waals surface area contributed by atoms with Gasteiger partial charge in [-0.2, -0.15) is 0 Å². The number of hydrogen-bond donors (Lipinski definition) is 0. The summed E-state index contributed by atoms with van der Waals surface area (Å²) in [5.41, 5.74) is 1.58. The predicted octanol–water partition coefficient (Wildman–Crippen LogP) is 2.89. The third-order valence-electron chi connectivity index (χ3n) is 2.57. The van der Waals surface area contributed by atoms with Gasteiger partial charge in [-0.3, -0.25) is 0 Å². The van der Waals surface area contributed by atoms with Crippen molar-refractivity contribution in [3.8, 4) is 0 Å². The molecule has 0 aromatic heterocycles. The Bertz CT molecular complexity index is 240. The van der Waals surface area contributed by atoms with Crippen molar-refractivity contribution in [2.45, 2.75) is 23.5 Å². The van der Waals surface area contributed by atoms with Crippen molar-refractivity contribution in [1.29, 1.82) is 0 Å². The summed E-state index contributed by atoms with van der Waals surface area (Å²) in [4.78, 5) is 0.934. The summed E-state index contributed by atoms with van der Waals surface area (Å²) in [6.45, 7) is 2.32. The molecule has 1 heterocycles. The van der Waals surface area contributed by atoms with Crippen LogP contribution in [0.15, 0.2) is 30.3 Å². The van der Waals surface area contributed by atoms with Crippen LogP contribution in [0.1, 0.15) is 23.7 Å². The zero-order valence-corrected chi connectivity index (χ0v) is 9.08. The van der Waals surface area contributed by atoms with Crippen LogP contribution in [0.4, 0.5) is 0 Å². The Balaban J connectivity index is 2.11. The van der Waals surface area contributed by atoms with Crippen LogP contribution in [0.5, 0.6) is 0 Å². The normalized spacial score (nSPS) is 28.1. The minimum atomic E-state index is 0.891. The molecule has 2 rings (SSSR count). The molecule has 0 N–H and O–H groups in total. The molecular formula is C11H14Se. The first-order valence-corrected chi connectivity index (χ1v) is 6.78. The van der Waals surface area contributed by atoms with Gasteiger partial charge < -0.3 is 0 Å². The molecule has 1 heteroatoms. The van der Waals surface area contributed by atoms with Crippen molar-refractivity contribution < 1.29 is 0 Å². The molecule has 0 radical (unpaired) electrons. The van der Waals surface area contributed by atoms with Gasteiger partial charge in [0.1, 0.15) is 0 Å². The number of benzene rings is 1. The van der Waals surface area contributed by atoms with Crippen LogP contribution in [0.3, 0.4) is 0 Å². The van der Waals surface area contributed by atoms with Crippen LogP contribution in [0.2, 0.25) is 5.32 Å². The molecule has 1 saturated heterocycles. The van der Waals surface area contributed by atoms with Gasteiger partial charge in [0.15, 0.2) is 0 Å². The molecular weight excluding hydrogens is 211 g/mol. The number of hydrogen-bond acceptors (Lipinski definition) is 0. The first kappa shape index (κ1) is 8.34. The first-order chi connectivity index (χ1) is 5.92. The topological polar surface area (TPSA) is 0 Å². The van der Waals surface area contributed by atoms with Gasteiger partial charge in [0.2, 0.25) is 0 Å². The molecule has 1 aromatic carbocycles. The summed E-state index contributed by atoms with van der Waals surface area (Å²) >= 11 is 0.891. The van der Waals surface area contributed by atoms with E-state index in [1.165, 1.54) is 11.7 Å². The standard InChI is InChI=1S/C11H14Se/c1-2-9-8-12-11(9)10-6-4-3-5-7-10/h3-7,9,11H,2,8H2,1H3/t9-,11+/m1/s1. The molecule has 0 unspecified atom stereocenters. The molecule has 1 fully saturated rings. The van der Waals surface area contributed by atoms with Gasteiger partial charge >= 0.3 is 80.3 Å². The van der Waals surface area contributed by atoms with Crippen molar-refractivity contribution in [2.24, 2.45) is 5.92 Å². The van der Waals surface area contributed by atoms with E-state index in [1.807, 2.05) is 0 Å². The quantitative estimate of drug-likeness (QED) is 0.679. The van der Waals surface area contributed by atoms with Crippen molar-refractivity contribution in [1.82, 2.24) is 0 Å². The summed E-state index contributed by atoms with van der Waals surface area (Å²) in [5.74, 6) is 0.993. The van der Waals surface area contributed by atoms with E-state index in [9.17, 15) is 0 Å². The molecule has 2 atom stereocenters. The molecule has 1 aliphatic heterocycles. The minimum absolute atomic E-state index is 0.891. The fraction of sp³-hybridized carbons (Fsp3) is 0.455. The molecule has 64 valence electrons. The van der Waals surface area contributed by atoms with E-state index in [2.05, 4.69) is 37.3 Å². The monoisotopic (exact) mass is 226 g/mol.